The van der Waals surface area contributed by atoms with Crippen LogP contribution in [0.4, 0.5) is 13.2 Å². The summed E-state index contributed by atoms with van der Waals surface area (Å²) in [6.07, 6.45) is -4.43. The van der Waals surface area contributed by atoms with Crippen LogP contribution in [0.25, 0.3) is 0 Å². The summed E-state index contributed by atoms with van der Waals surface area (Å²) in [4.78, 5) is 21.7. The van der Waals surface area contributed by atoms with E-state index in [0.717, 1.165) is 12.1 Å². The van der Waals surface area contributed by atoms with E-state index in [2.05, 4.69) is 15.5 Å². The molecular weight excluding hydrogens is 349 g/mol. The summed E-state index contributed by atoms with van der Waals surface area (Å²) < 4.78 is 38.3. The van der Waals surface area contributed by atoms with E-state index in [1.807, 2.05) is 0 Å². The van der Waals surface area contributed by atoms with Crippen molar-refractivity contribution in [2.24, 2.45) is 5.16 Å². The number of nitrogens with one attached hydrogen (secondary N) is 1. The molecular formula is C18H17F3N2O3. The number of oxime groups is 1. The quantitative estimate of drug-likeness (QED) is 0.622. The first-order chi connectivity index (χ1) is 12.3. The Labute approximate surface area is 148 Å². The molecule has 0 saturated carbocycles. The third kappa shape index (κ3) is 5.06. The van der Waals surface area contributed by atoms with Gasteiger partial charge in [0, 0.05) is 11.1 Å². The number of hydrogen-bond acceptors (Lipinski definition) is 4. The van der Waals surface area contributed by atoms with E-state index in [4.69, 9.17) is 4.84 Å². The van der Waals surface area contributed by atoms with E-state index in [1.54, 1.807) is 31.2 Å². The Bertz CT molecular complexity index is 804. The lowest BCUT2D eigenvalue weighted by atomic mass is 10.1. The summed E-state index contributed by atoms with van der Waals surface area (Å²) >= 11 is 0. The van der Waals surface area contributed by atoms with Crippen molar-refractivity contribution in [1.29, 1.82) is 0 Å². The smallest absolute Gasteiger partial charge is 0.391 e. The Kier molecular flexibility index (Phi) is 6.35. The number of nitrogens with zero attached hydrogens (tertiary/aromatic N) is 1. The van der Waals surface area contributed by atoms with Gasteiger partial charge in [0.25, 0.3) is 5.91 Å². The number of carbonyl (C=O) groups excluding carboxylic acids is 1. The number of hydroxylamine groups is 1. The first-order valence-corrected chi connectivity index (χ1v) is 7.58. The zero-order chi connectivity index (χ0) is 19.2. The molecule has 0 aliphatic rings. The Morgan fingerprint density at radius 1 is 1.15 bits per heavy atom. The van der Waals surface area contributed by atoms with Crippen molar-refractivity contribution in [3.8, 4) is 0 Å². The molecule has 5 nitrogen and oxygen atoms in total. The average Bonchev–Trinajstić information content (AvgIpc) is 2.61. The molecule has 0 spiro atoms. The SMILES string of the molecule is CONC(=O)c1ccccc1CO/N=C(\C)c1cccc(C(F)(F)F)c1. The zero-order valence-electron chi connectivity index (χ0n) is 14.1. The van der Waals surface area contributed by atoms with Gasteiger partial charge >= 0.3 is 6.18 Å². The maximum absolute atomic E-state index is 12.8. The monoisotopic (exact) mass is 366 g/mol. The summed E-state index contributed by atoms with van der Waals surface area (Å²) in [6, 6.07) is 11.5. The molecule has 26 heavy (non-hydrogen) atoms. The molecule has 1 amide bonds. The van der Waals surface area contributed by atoms with Crippen LogP contribution >= 0.6 is 0 Å². The van der Waals surface area contributed by atoms with E-state index in [-0.39, 0.29) is 12.3 Å². The third-order valence-corrected chi connectivity index (χ3v) is 3.49. The van der Waals surface area contributed by atoms with Gasteiger partial charge in [-0.3, -0.25) is 9.63 Å². The molecule has 8 heteroatoms. The molecule has 0 aromatic heterocycles. The number of benzene rings is 2. The minimum Gasteiger partial charge on any atom is -0.391 e. The van der Waals surface area contributed by atoms with E-state index in [9.17, 15) is 18.0 Å². The van der Waals surface area contributed by atoms with Gasteiger partial charge in [0.2, 0.25) is 0 Å². The molecule has 0 aliphatic carbocycles. The largest absolute Gasteiger partial charge is 0.416 e. The van der Waals surface area contributed by atoms with Crippen molar-refractivity contribution in [3.05, 3.63) is 70.8 Å². The molecule has 0 unspecified atom stereocenters. The van der Waals surface area contributed by atoms with Gasteiger partial charge in [-0.05, 0) is 30.7 Å². The molecule has 2 aromatic rings. The maximum Gasteiger partial charge on any atom is 0.416 e. The number of amides is 1. The van der Waals surface area contributed by atoms with Crippen molar-refractivity contribution < 1.29 is 27.6 Å². The van der Waals surface area contributed by atoms with Crippen LogP contribution in [-0.4, -0.2) is 18.7 Å². The van der Waals surface area contributed by atoms with Crippen molar-refractivity contribution in [3.63, 3.8) is 0 Å². The lowest BCUT2D eigenvalue weighted by molar-refractivity contribution is -0.137. The van der Waals surface area contributed by atoms with Crippen LogP contribution in [0.3, 0.4) is 0 Å². The predicted molar refractivity (Wildman–Crippen MR) is 89.4 cm³/mol. The number of hydrogen-bond donors (Lipinski definition) is 1. The second-order valence-corrected chi connectivity index (χ2v) is 5.32. The van der Waals surface area contributed by atoms with Crippen LogP contribution in [0.15, 0.2) is 53.7 Å². The Morgan fingerprint density at radius 3 is 2.58 bits per heavy atom. The van der Waals surface area contributed by atoms with Crippen molar-refractivity contribution >= 4 is 11.6 Å². The standard InChI is InChI=1S/C18H17F3N2O3/c1-12(13-7-5-8-15(10-13)18(19,20)21)22-26-11-14-6-3-4-9-16(14)17(24)23-25-2/h3-10H,11H2,1-2H3,(H,23,24)/b22-12+. The fourth-order valence-electron chi connectivity index (χ4n) is 2.19. The van der Waals surface area contributed by atoms with Gasteiger partial charge in [-0.2, -0.15) is 13.2 Å². The van der Waals surface area contributed by atoms with E-state index in [0.29, 0.717) is 16.7 Å². The normalized spacial score (nSPS) is 12.0. The van der Waals surface area contributed by atoms with Gasteiger partial charge < -0.3 is 4.84 Å². The van der Waals surface area contributed by atoms with E-state index in [1.165, 1.54) is 19.2 Å². The Balaban J connectivity index is 2.11. The van der Waals surface area contributed by atoms with Gasteiger partial charge in [-0.15, -0.1) is 0 Å². The van der Waals surface area contributed by atoms with Gasteiger partial charge in [0.1, 0.15) is 6.61 Å². The highest BCUT2D eigenvalue weighted by Crippen LogP contribution is 2.29. The number of alkyl halides is 3. The molecule has 0 saturated heterocycles. The van der Waals surface area contributed by atoms with Crippen LogP contribution in [0.5, 0.6) is 0 Å². The van der Waals surface area contributed by atoms with E-state index >= 15 is 0 Å². The number of carbonyl (C=O) groups is 1. The molecule has 0 atom stereocenters. The molecule has 2 rings (SSSR count). The zero-order valence-corrected chi connectivity index (χ0v) is 14.1. The second kappa shape index (κ2) is 8.48. The Morgan fingerprint density at radius 2 is 1.88 bits per heavy atom. The van der Waals surface area contributed by atoms with Crippen LogP contribution in [0.1, 0.15) is 34.0 Å². The minimum absolute atomic E-state index is 0.0242. The summed E-state index contributed by atoms with van der Waals surface area (Å²) in [5.41, 5.74) is 2.94. The van der Waals surface area contributed by atoms with Crippen molar-refractivity contribution in [2.75, 3.05) is 7.11 Å². The molecule has 0 fully saturated rings. The van der Waals surface area contributed by atoms with Gasteiger partial charge in [0.05, 0.1) is 18.4 Å². The highest BCUT2D eigenvalue weighted by molar-refractivity contribution is 5.98. The highest BCUT2D eigenvalue weighted by atomic mass is 19.4. The lowest BCUT2D eigenvalue weighted by Crippen LogP contribution is -2.23. The van der Waals surface area contributed by atoms with Crippen molar-refractivity contribution in [2.45, 2.75) is 19.7 Å². The van der Waals surface area contributed by atoms with Crippen LogP contribution in [0, 0.1) is 0 Å². The lowest BCUT2D eigenvalue weighted by Gasteiger charge is -2.10. The second-order valence-electron chi connectivity index (χ2n) is 5.32. The first kappa shape index (κ1) is 19.5. The van der Waals surface area contributed by atoms with Crippen LogP contribution in [0.2, 0.25) is 0 Å². The summed E-state index contributed by atoms with van der Waals surface area (Å²) in [7, 11) is 1.32. The maximum atomic E-state index is 12.8. The fourth-order valence-corrected chi connectivity index (χ4v) is 2.19. The number of halogens is 3. The molecule has 2 aromatic carbocycles. The van der Waals surface area contributed by atoms with Gasteiger partial charge in [-0.25, -0.2) is 5.48 Å². The third-order valence-electron chi connectivity index (χ3n) is 3.49. The molecule has 1 N–H and O–H groups in total. The van der Waals surface area contributed by atoms with E-state index < -0.39 is 17.6 Å². The first-order valence-electron chi connectivity index (χ1n) is 7.58. The summed E-state index contributed by atoms with van der Waals surface area (Å²) in [5.74, 6) is -0.440. The molecule has 0 aliphatic heterocycles. The summed E-state index contributed by atoms with van der Waals surface area (Å²) in [6.45, 7) is 1.52. The predicted octanol–water partition coefficient (Wildman–Crippen LogP) is 3.94. The molecule has 0 radical (unpaired) electrons. The molecule has 0 bridgehead atoms. The van der Waals surface area contributed by atoms with Gasteiger partial charge in [0.15, 0.2) is 0 Å². The fraction of sp³-hybridized carbons (Fsp3) is 0.222. The minimum atomic E-state index is -4.43. The average molecular weight is 366 g/mol. The van der Waals surface area contributed by atoms with Crippen molar-refractivity contribution in [1.82, 2.24) is 5.48 Å². The highest BCUT2D eigenvalue weighted by Gasteiger charge is 2.30. The van der Waals surface area contributed by atoms with Crippen LogP contribution in [-0.2, 0) is 22.5 Å². The molecule has 138 valence electrons. The molecule has 0 heterocycles. The summed E-state index contributed by atoms with van der Waals surface area (Å²) in [5, 5.41) is 3.85. The van der Waals surface area contributed by atoms with Gasteiger partial charge in [-0.1, -0.05) is 35.5 Å². The topological polar surface area (TPSA) is 59.9 Å². The number of rotatable bonds is 6. The Hall–Kier alpha value is -2.87. The van der Waals surface area contributed by atoms with Crippen LogP contribution < -0.4 is 5.48 Å².